The topological polar surface area (TPSA) is 96.7 Å². The van der Waals surface area contributed by atoms with Crippen molar-refractivity contribution in [1.29, 1.82) is 0 Å². The molecule has 0 spiro atoms. The van der Waals surface area contributed by atoms with Gasteiger partial charge in [-0.15, -0.1) is 0 Å². The molecule has 2 aromatic rings. The Morgan fingerprint density at radius 3 is 2.36 bits per heavy atom. The monoisotopic (exact) mass is 407 g/mol. The fraction of sp³-hybridized carbons (Fsp3) is 0.588. The van der Waals surface area contributed by atoms with E-state index in [9.17, 15) is 8.42 Å². The van der Waals surface area contributed by atoms with Crippen molar-refractivity contribution >= 4 is 21.8 Å². The molecule has 0 bridgehead atoms. The number of aromatic nitrogens is 4. The third-order valence-corrected chi connectivity index (χ3v) is 6.76. The van der Waals surface area contributed by atoms with E-state index in [-0.39, 0.29) is 5.03 Å². The van der Waals surface area contributed by atoms with Gasteiger partial charge >= 0.3 is 0 Å². The summed E-state index contributed by atoms with van der Waals surface area (Å²) >= 11 is 0. The lowest BCUT2D eigenvalue weighted by Gasteiger charge is -2.34. The van der Waals surface area contributed by atoms with Crippen LogP contribution < -0.4 is 9.80 Å². The van der Waals surface area contributed by atoms with Gasteiger partial charge in [0.15, 0.2) is 5.03 Å². The summed E-state index contributed by atoms with van der Waals surface area (Å²) in [4.78, 5) is 17.5. The first-order valence-corrected chi connectivity index (χ1v) is 10.8. The van der Waals surface area contributed by atoms with Crippen LogP contribution in [0.1, 0.15) is 5.69 Å². The minimum Gasteiger partial charge on any atom is -0.378 e. The highest BCUT2D eigenvalue weighted by Crippen LogP contribution is 2.21. The zero-order chi connectivity index (χ0) is 19.7. The van der Waals surface area contributed by atoms with Gasteiger partial charge in [0.25, 0.3) is 10.0 Å². The number of rotatable bonds is 4. The Hall–Kier alpha value is -2.24. The maximum atomic E-state index is 12.7. The van der Waals surface area contributed by atoms with E-state index in [0.717, 1.165) is 24.6 Å². The van der Waals surface area contributed by atoms with Crippen molar-refractivity contribution in [1.82, 2.24) is 23.8 Å². The molecule has 4 rings (SSSR count). The number of piperazine rings is 1. The molecule has 0 N–H and O–H groups in total. The molecule has 0 radical (unpaired) electrons. The number of hydrogen-bond donors (Lipinski definition) is 0. The van der Waals surface area contributed by atoms with Gasteiger partial charge in [-0.25, -0.2) is 18.4 Å². The zero-order valence-electron chi connectivity index (χ0n) is 16.2. The highest BCUT2D eigenvalue weighted by molar-refractivity contribution is 7.89. The summed E-state index contributed by atoms with van der Waals surface area (Å²) < 4.78 is 34.0. The van der Waals surface area contributed by atoms with Gasteiger partial charge in [0, 0.05) is 64.3 Å². The van der Waals surface area contributed by atoms with Crippen LogP contribution in [-0.2, 0) is 21.8 Å². The first-order chi connectivity index (χ1) is 13.4. The van der Waals surface area contributed by atoms with Crippen LogP contribution in [0, 0.1) is 6.92 Å². The number of anilines is 2. The number of ether oxygens (including phenoxy) is 1. The molecule has 4 heterocycles. The number of hydrogen-bond acceptors (Lipinski definition) is 8. The van der Waals surface area contributed by atoms with Crippen LogP contribution in [-0.4, -0.2) is 84.7 Å². The molecule has 11 heteroatoms. The Morgan fingerprint density at radius 1 is 1.00 bits per heavy atom. The first kappa shape index (κ1) is 19.1. The Kier molecular flexibility index (Phi) is 5.21. The van der Waals surface area contributed by atoms with E-state index >= 15 is 0 Å². The lowest BCUT2D eigenvalue weighted by molar-refractivity contribution is 0.122. The second-order valence-electron chi connectivity index (χ2n) is 7.04. The van der Waals surface area contributed by atoms with Crippen LogP contribution in [0.2, 0.25) is 0 Å². The summed E-state index contributed by atoms with van der Waals surface area (Å²) in [6.07, 6.45) is 3.02. The van der Waals surface area contributed by atoms with Crippen molar-refractivity contribution in [3.63, 3.8) is 0 Å². The average Bonchev–Trinajstić information content (AvgIpc) is 3.15. The van der Waals surface area contributed by atoms with Gasteiger partial charge < -0.3 is 19.1 Å². The molecule has 0 aromatic carbocycles. The molecule has 0 aliphatic carbocycles. The minimum absolute atomic E-state index is 0.0878. The van der Waals surface area contributed by atoms with Gasteiger partial charge in [-0.05, 0) is 6.92 Å². The summed E-state index contributed by atoms with van der Waals surface area (Å²) in [5.74, 6) is 1.55. The quantitative estimate of drug-likeness (QED) is 0.691. The predicted molar refractivity (Wildman–Crippen MR) is 104 cm³/mol. The fourth-order valence-electron chi connectivity index (χ4n) is 3.42. The molecule has 0 atom stereocenters. The Labute approximate surface area is 164 Å². The van der Waals surface area contributed by atoms with Gasteiger partial charge in [-0.1, -0.05) is 0 Å². The minimum atomic E-state index is -3.57. The molecule has 2 aliphatic rings. The van der Waals surface area contributed by atoms with E-state index in [4.69, 9.17) is 9.72 Å². The van der Waals surface area contributed by atoms with E-state index in [2.05, 4.69) is 14.9 Å². The summed E-state index contributed by atoms with van der Waals surface area (Å²) in [5, 5.41) is 0.0878. The largest absolute Gasteiger partial charge is 0.378 e. The lowest BCUT2D eigenvalue weighted by Crippen LogP contribution is -2.49. The average molecular weight is 408 g/mol. The van der Waals surface area contributed by atoms with Crippen molar-refractivity contribution in [2.24, 2.45) is 7.05 Å². The van der Waals surface area contributed by atoms with Gasteiger partial charge in [0.1, 0.15) is 5.82 Å². The summed E-state index contributed by atoms with van der Waals surface area (Å²) in [7, 11) is -1.81. The van der Waals surface area contributed by atoms with Gasteiger partial charge in [0.2, 0.25) is 5.95 Å². The van der Waals surface area contributed by atoms with E-state index in [1.165, 1.54) is 16.8 Å². The van der Waals surface area contributed by atoms with Crippen LogP contribution in [0.5, 0.6) is 0 Å². The maximum absolute atomic E-state index is 12.7. The van der Waals surface area contributed by atoms with Crippen molar-refractivity contribution < 1.29 is 13.2 Å². The molecule has 2 saturated heterocycles. The van der Waals surface area contributed by atoms with Crippen molar-refractivity contribution in [2.45, 2.75) is 11.9 Å². The molecule has 2 aromatic heterocycles. The third kappa shape index (κ3) is 3.82. The lowest BCUT2D eigenvalue weighted by atomic mass is 10.3. The molecule has 28 heavy (non-hydrogen) atoms. The van der Waals surface area contributed by atoms with Crippen molar-refractivity contribution in [2.75, 3.05) is 62.3 Å². The fourth-order valence-corrected chi connectivity index (χ4v) is 4.80. The number of morpholine rings is 1. The highest BCUT2D eigenvalue weighted by Gasteiger charge is 2.31. The van der Waals surface area contributed by atoms with Crippen LogP contribution in [0.15, 0.2) is 23.6 Å². The molecular formula is C17H25N7O3S. The molecule has 10 nitrogen and oxygen atoms in total. The molecule has 0 unspecified atom stereocenters. The van der Waals surface area contributed by atoms with E-state index < -0.39 is 10.0 Å². The van der Waals surface area contributed by atoms with Gasteiger partial charge in [0.05, 0.1) is 19.5 Å². The standard InChI is InChI=1S/C17H25N7O3S/c1-14-11-15(22-7-9-27-10-8-22)20-17(19-14)23-3-5-24(6-4-23)28(25,26)16-12-21(2)13-18-16/h11-13H,3-10H2,1-2H3. The van der Waals surface area contributed by atoms with Gasteiger partial charge in [-0.3, -0.25) is 0 Å². The zero-order valence-corrected chi connectivity index (χ0v) is 17.0. The summed E-state index contributed by atoms with van der Waals surface area (Å²) in [5.41, 5.74) is 0.898. The molecular weight excluding hydrogens is 382 g/mol. The van der Waals surface area contributed by atoms with Crippen LogP contribution in [0.25, 0.3) is 0 Å². The number of imidazole rings is 1. The molecule has 2 aliphatic heterocycles. The molecule has 152 valence electrons. The predicted octanol–water partition coefficient (Wildman–Crippen LogP) is -0.134. The molecule has 2 fully saturated rings. The van der Waals surface area contributed by atoms with Crippen molar-refractivity contribution in [3.05, 3.63) is 24.3 Å². The van der Waals surface area contributed by atoms with Crippen LogP contribution in [0.4, 0.5) is 11.8 Å². The number of nitrogens with zero attached hydrogens (tertiary/aromatic N) is 7. The highest BCUT2D eigenvalue weighted by atomic mass is 32.2. The Morgan fingerprint density at radius 2 is 1.71 bits per heavy atom. The van der Waals surface area contributed by atoms with Crippen LogP contribution in [0.3, 0.4) is 0 Å². The second-order valence-corrected chi connectivity index (χ2v) is 8.92. The van der Waals surface area contributed by atoms with Gasteiger partial charge in [-0.2, -0.15) is 9.29 Å². The second kappa shape index (κ2) is 7.64. The normalized spacial score (nSPS) is 19.2. The number of aryl methyl sites for hydroxylation is 2. The summed E-state index contributed by atoms with van der Waals surface area (Å²) in [6, 6.07) is 1.98. The SMILES string of the molecule is Cc1cc(N2CCOCC2)nc(N2CCN(S(=O)(=O)c3cn(C)cn3)CC2)n1. The molecule has 0 amide bonds. The van der Waals surface area contributed by atoms with E-state index in [1.54, 1.807) is 11.6 Å². The maximum Gasteiger partial charge on any atom is 0.262 e. The van der Waals surface area contributed by atoms with Crippen LogP contribution >= 0.6 is 0 Å². The summed E-state index contributed by atoms with van der Waals surface area (Å²) in [6.45, 7) is 6.81. The molecule has 0 saturated carbocycles. The number of sulfonamides is 1. The third-order valence-electron chi connectivity index (χ3n) is 4.97. The Bertz CT molecular complexity index is 932. The smallest absolute Gasteiger partial charge is 0.262 e. The Balaban J connectivity index is 1.47. The first-order valence-electron chi connectivity index (χ1n) is 9.35. The van der Waals surface area contributed by atoms with E-state index in [0.29, 0.717) is 45.3 Å². The van der Waals surface area contributed by atoms with Crippen molar-refractivity contribution in [3.8, 4) is 0 Å². The van der Waals surface area contributed by atoms with E-state index in [1.807, 2.05) is 17.9 Å².